The number of ether oxygens (including phenoxy) is 1. The summed E-state index contributed by atoms with van der Waals surface area (Å²) in [5.74, 6) is 0. The molecule has 4 heteroatoms. The minimum absolute atomic E-state index is 0.135. The molecule has 0 fully saturated rings. The Bertz CT molecular complexity index is 56.9. The number of carbonyl (C=O) groups excluding carboxylic acids is 1. The molecule has 7 heavy (non-hydrogen) atoms. The number of hydrogen-bond acceptors (Lipinski definition) is 2. The lowest BCUT2D eigenvalue weighted by Crippen LogP contribution is -2.05. The summed E-state index contributed by atoms with van der Waals surface area (Å²) in [5.41, 5.74) is 0. The predicted molar refractivity (Wildman–Crippen MR) is 18.0 cm³/mol. The van der Waals surface area contributed by atoms with Crippen LogP contribution in [0.25, 0.3) is 0 Å². The van der Waals surface area contributed by atoms with Gasteiger partial charge in [-0.15, -0.1) is 0 Å². The maximum Gasteiger partial charge on any atom is 0.295 e. The van der Waals surface area contributed by atoms with Crippen molar-refractivity contribution in [3.63, 3.8) is 0 Å². The highest BCUT2D eigenvalue weighted by molar-refractivity contribution is 5.37. The van der Waals surface area contributed by atoms with Crippen LogP contribution in [0.1, 0.15) is 0 Å². The third-order valence-corrected chi connectivity index (χ3v) is 0.325. The van der Waals surface area contributed by atoms with E-state index in [2.05, 4.69) is 4.74 Å². The summed E-state index contributed by atoms with van der Waals surface area (Å²) in [6, 6.07) is 0. The Hall–Kier alpha value is -0.670. The number of halogens is 2. The van der Waals surface area contributed by atoms with E-state index in [1.807, 2.05) is 0 Å². The van der Waals surface area contributed by atoms with E-state index in [9.17, 15) is 8.78 Å². The first kappa shape index (κ1) is 6.33. The van der Waals surface area contributed by atoms with Gasteiger partial charge in [-0.25, -0.2) is 4.39 Å². The summed E-state index contributed by atoms with van der Waals surface area (Å²) < 4.78 is 25.7. The average Bonchev–Trinajstić information content (AvgIpc) is 1.68. The van der Waals surface area contributed by atoms with Gasteiger partial charge in [-0.2, -0.15) is 4.39 Å². The normalized spacial score (nSPS) is 12.9. The van der Waals surface area contributed by atoms with E-state index in [4.69, 9.17) is 4.79 Å². The second-order valence-corrected chi connectivity index (χ2v) is 0.797. The highest BCUT2D eigenvalue weighted by Gasteiger charge is 2.01. The van der Waals surface area contributed by atoms with Gasteiger partial charge < -0.3 is 4.74 Å². The van der Waals surface area contributed by atoms with Crippen molar-refractivity contribution in [3.05, 3.63) is 0 Å². The molecule has 1 atom stereocenters. The molecule has 0 aromatic carbocycles. The lowest BCUT2D eigenvalue weighted by atomic mass is 10.8. The first-order valence-corrected chi connectivity index (χ1v) is 1.60. The minimum atomic E-state index is -2.09. The number of carbonyl (C=O) groups is 1. The molecule has 0 saturated heterocycles. The maximum absolute atomic E-state index is 11.3. The molecule has 0 aliphatic heterocycles. The topological polar surface area (TPSA) is 26.3 Å². The average molecular weight is 110 g/mol. The molecule has 0 saturated carbocycles. The van der Waals surface area contributed by atoms with Crippen LogP contribution in [-0.4, -0.2) is 19.5 Å². The molecular formula is C3H4F2O2. The first-order chi connectivity index (χ1) is 3.31. The van der Waals surface area contributed by atoms with Crippen LogP contribution in [0.5, 0.6) is 0 Å². The van der Waals surface area contributed by atoms with Crippen molar-refractivity contribution >= 4 is 6.47 Å². The second kappa shape index (κ2) is 3.52. The molecule has 0 heterocycles. The van der Waals surface area contributed by atoms with E-state index in [0.717, 1.165) is 0 Å². The summed E-state index contributed by atoms with van der Waals surface area (Å²) in [4.78, 5) is 9.15. The van der Waals surface area contributed by atoms with Crippen molar-refractivity contribution in [3.8, 4) is 0 Å². The van der Waals surface area contributed by atoms with E-state index < -0.39 is 13.0 Å². The Balaban J connectivity index is 2.98. The smallest absolute Gasteiger partial charge is 0.295 e. The third-order valence-electron chi connectivity index (χ3n) is 0.325. The number of rotatable bonds is 3. The highest BCUT2D eigenvalue weighted by Crippen LogP contribution is 1.89. The van der Waals surface area contributed by atoms with Crippen molar-refractivity contribution in [1.82, 2.24) is 0 Å². The summed E-state index contributed by atoms with van der Waals surface area (Å²) in [7, 11) is 0. The standard InChI is InChI=1S/C3H4F2O2/c4-1-3(5)7-2-6/h2-3H,1H2. The molecule has 1 unspecified atom stereocenters. The molecule has 0 amide bonds. The van der Waals surface area contributed by atoms with Crippen LogP contribution in [0.4, 0.5) is 8.78 Å². The van der Waals surface area contributed by atoms with Crippen molar-refractivity contribution < 1.29 is 18.3 Å². The zero-order chi connectivity index (χ0) is 5.70. The fourth-order valence-corrected chi connectivity index (χ4v) is 0.0967. The molecule has 0 N–H and O–H groups in total. The Kier molecular flexibility index (Phi) is 3.18. The SMILES string of the molecule is O=COC(F)CF. The van der Waals surface area contributed by atoms with Crippen molar-refractivity contribution in [2.75, 3.05) is 6.67 Å². The van der Waals surface area contributed by atoms with Gasteiger partial charge in [0.1, 0.15) is 0 Å². The monoisotopic (exact) mass is 110 g/mol. The summed E-state index contributed by atoms with van der Waals surface area (Å²) >= 11 is 0. The largest absolute Gasteiger partial charge is 0.430 e. The molecule has 0 spiro atoms. The zero-order valence-electron chi connectivity index (χ0n) is 3.43. The van der Waals surface area contributed by atoms with E-state index in [0.29, 0.717) is 0 Å². The van der Waals surface area contributed by atoms with Gasteiger partial charge in [0, 0.05) is 0 Å². The van der Waals surface area contributed by atoms with E-state index >= 15 is 0 Å². The van der Waals surface area contributed by atoms with Gasteiger partial charge in [-0.1, -0.05) is 0 Å². The van der Waals surface area contributed by atoms with Crippen LogP contribution >= 0.6 is 0 Å². The Morgan fingerprint density at radius 1 is 1.86 bits per heavy atom. The second-order valence-electron chi connectivity index (χ2n) is 0.797. The van der Waals surface area contributed by atoms with Gasteiger partial charge in [0.2, 0.25) is 0 Å². The summed E-state index contributed by atoms with van der Waals surface area (Å²) in [6.07, 6.45) is -2.09. The van der Waals surface area contributed by atoms with E-state index in [1.165, 1.54) is 0 Å². The van der Waals surface area contributed by atoms with Crippen LogP contribution < -0.4 is 0 Å². The molecule has 0 aromatic heterocycles. The quantitative estimate of drug-likeness (QED) is 0.492. The molecular weight excluding hydrogens is 106 g/mol. The van der Waals surface area contributed by atoms with Crippen LogP contribution in [0.3, 0.4) is 0 Å². The minimum Gasteiger partial charge on any atom is -0.430 e. The Labute approximate surface area is 39.1 Å². The summed E-state index contributed by atoms with van der Waals surface area (Å²) in [5, 5.41) is 0. The highest BCUT2D eigenvalue weighted by atomic mass is 19.2. The van der Waals surface area contributed by atoms with Crippen LogP contribution in [0.15, 0.2) is 0 Å². The predicted octanol–water partition coefficient (Wildman–Crippen LogP) is 0.424. The lowest BCUT2D eigenvalue weighted by molar-refractivity contribution is -0.143. The molecule has 0 rings (SSSR count). The molecule has 42 valence electrons. The molecule has 0 bridgehead atoms. The van der Waals surface area contributed by atoms with Gasteiger partial charge in [0.25, 0.3) is 12.8 Å². The first-order valence-electron chi connectivity index (χ1n) is 1.60. The van der Waals surface area contributed by atoms with Crippen molar-refractivity contribution in [2.45, 2.75) is 6.36 Å². The van der Waals surface area contributed by atoms with Crippen LogP contribution in [0.2, 0.25) is 0 Å². The van der Waals surface area contributed by atoms with Crippen LogP contribution in [-0.2, 0) is 9.53 Å². The van der Waals surface area contributed by atoms with Crippen LogP contribution in [0, 0.1) is 0 Å². The van der Waals surface area contributed by atoms with Crippen molar-refractivity contribution in [1.29, 1.82) is 0 Å². The molecule has 0 aromatic rings. The third kappa shape index (κ3) is 3.15. The van der Waals surface area contributed by atoms with Crippen molar-refractivity contribution in [2.24, 2.45) is 0 Å². The fourth-order valence-electron chi connectivity index (χ4n) is 0.0967. The van der Waals surface area contributed by atoms with Gasteiger partial charge in [-0.3, -0.25) is 4.79 Å². The maximum atomic E-state index is 11.3. The van der Waals surface area contributed by atoms with Gasteiger partial charge >= 0.3 is 0 Å². The molecule has 2 nitrogen and oxygen atoms in total. The van der Waals surface area contributed by atoms with E-state index in [-0.39, 0.29) is 6.47 Å². The van der Waals surface area contributed by atoms with E-state index in [1.54, 1.807) is 0 Å². The number of alkyl halides is 2. The molecule has 0 radical (unpaired) electrons. The van der Waals surface area contributed by atoms with Gasteiger partial charge in [-0.05, 0) is 0 Å². The molecule has 0 aliphatic carbocycles. The zero-order valence-corrected chi connectivity index (χ0v) is 3.43. The fraction of sp³-hybridized carbons (Fsp3) is 0.667. The summed E-state index contributed by atoms with van der Waals surface area (Å²) in [6.45, 7) is -1.41. The Morgan fingerprint density at radius 2 is 2.43 bits per heavy atom. The van der Waals surface area contributed by atoms with Gasteiger partial charge in [0.05, 0.1) is 0 Å². The Morgan fingerprint density at radius 3 is 2.57 bits per heavy atom. The molecule has 0 aliphatic rings. The number of hydrogen-bond donors (Lipinski definition) is 0. The lowest BCUT2D eigenvalue weighted by Gasteiger charge is -1.95. The van der Waals surface area contributed by atoms with Gasteiger partial charge in [0.15, 0.2) is 6.67 Å².